The lowest BCUT2D eigenvalue weighted by molar-refractivity contribution is -0.121. The lowest BCUT2D eigenvalue weighted by atomic mass is 10.2. The number of carbonyl (C=O) groups excluding carboxylic acids is 2. The Labute approximate surface area is 97.6 Å². The SMILES string of the molecule is CCCNC(=O)N(C)CC(=O)NCC(C)C. The van der Waals surface area contributed by atoms with E-state index >= 15 is 0 Å². The molecule has 0 saturated heterocycles. The first-order valence-electron chi connectivity index (χ1n) is 5.73. The number of nitrogens with zero attached hydrogens (tertiary/aromatic N) is 1. The van der Waals surface area contributed by atoms with Crippen LogP contribution in [0.1, 0.15) is 27.2 Å². The smallest absolute Gasteiger partial charge is 0.317 e. The lowest BCUT2D eigenvalue weighted by Gasteiger charge is -2.17. The van der Waals surface area contributed by atoms with Gasteiger partial charge in [-0.15, -0.1) is 0 Å². The molecule has 0 saturated carbocycles. The fourth-order valence-corrected chi connectivity index (χ4v) is 1.03. The van der Waals surface area contributed by atoms with Gasteiger partial charge in [0.05, 0.1) is 0 Å². The van der Waals surface area contributed by atoms with E-state index in [0.717, 1.165) is 6.42 Å². The van der Waals surface area contributed by atoms with Crippen molar-refractivity contribution < 1.29 is 9.59 Å². The van der Waals surface area contributed by atoms with Gasteiger partial charge in [0.25, 0.3) is 0 Å². The number of carbonyl (C=O) groups is 2. The Morgan fingerprint density at radius 3 is 2.38 bits per heavy atom. The van der Waals surface area contributed by atoms with Crippen molar-refractivity contribution in [2.45, 2.75) is 27.2 Å². The van der Waals surface area contributed by atoms with Crippen LogP contribution >= 0.6 is 0 Å². The third-order valence-electron chi connectivity index (χ3n) is 1.96. The van der Waals surface area contributed by atoms with E-state index in [2.05, 4.69) is 10.6 Å². The molecule has 0 aromatic carbocycles. The third kappa shape index (κ3) is 7.09. The number of likely N-dealkylation sites (N-methyl/N-ethyl adjacent to an activating group) is 1. The molecule has 3 amide bonds. The molecule has 0 radical (unpaired) electrons. The van der Waals surface area contributed by atoms with Gasteiger partial charge in [0.1, 0.15) is 6.54 Å². The van der Waals surface area contributed by atoms with Crippen LogP contribution in [0.25, 0.3) is 0 Å². The standard InChI is InChI=1S/C11H23N3O2/c1-5-6-12-11(16)14(4)8-10(15)13-7-9(2)3/h9H,5-8H2,1-4H3,(H,12,16)(H,13,15). The van der Waals surface area contributed by atoms with Crippen LogP contribution in [0.5, 0.6) is 0 Å². The highest BCUT2D eigenvalue weighted by atomic mass is 16.2. The zero-order valence-corrected chi connectivity index (χ0v) is 10.7. The van der Waals surface area contributed by atoms with E-state index < -0.39 is 0 Å². The van der Waals surface area contributed by atoms with Crippen LogP contribution in [-0.4, -0.2) is 43.5 Å². The molecular formula is C11H23N3O2. The van der Waals surface area contributed by atoms with Crippen molar-refractivity contribution in [1.29, 1.82) is 0 Å². The van der Waals surface area contributed by atoms with Crippen LogP contribution in [0.2, 0.25) is 0 Å². The summed E-state index contributed by atoms with van der Waals surface area (Å²) in [7, 11) is 1.61. The molecule has 0 aliphatic carbocycles. The van der Waals surface area contributed by atoms with Gasteiger partial charge in [0.15, 0.2) is 0 Å². The molecule has 0 aromatic rings. The summed E-state index contributed by atoms with van der Waals surface area (Å²) >= 11 is 0. The predicted octanol–water partition coefficient (Wildman–Crippen LogP) is 0.810. The number of hydrogen-bond donors (Lipinski definition) is 2. The zero-order chi connectivity index (χ0) is 12.6. The summed E-state index contributed by atoms with van der Waals surface area (Å²) in [6, 6.07) is -0.207. The van der Waals surface area contributed by atoms with Crippen LogP contribution in [0.15, 0.2) is 0 Å². The monoisotopic (exact) mass is 229 g/mol. The van der Waals surface area contributed by atoms with Crippen molar-refractivity contribution in [2.24, 2.45) is 5.92 Å². The van der Waals surface area contributed by atoms with E-state index in [1.807, 2.05) is 20.8 Å². The largest absolute Gasteiger partial charge is 0.354 e. The van der Waals surface area contributed by atoms with Crippen molar-refractivity contribution in [2.75, 3.05) is 26.7 Å². The minimum atomic E-state index is -0.207. The second-order valence-corrected chi connectivity index (χ2v) is 4.29. The summed E-state index contributed by atoms with van der Waals surface area (Å²) in [6.07, 6.45) is 0.888. The fourth-order valence-electron chi connectivity index (χ4n) is 1.03. The third-order valence-corrected chi connectivity index (χ3v) is 1.96. The molecule has 0 rings (SSSR count). The van der Waals surface area contributed by atoms with E-state index in [9.17, 15) is 9.59 Å². The molecule has 0 aliphatic rings. The van der Waals surface area contributed by atoms with Crippen molar-refractivity contribution in [3.63, 3.8) is 0 Å². The van der Waals surface area contributed by atoms with Gasteiger partial charge in [-0.25, -0.2) is 4.79 Å². The molecule has 0 spiro atoms. The normalized spacial score (nSPS) is 10.1. The first kappa shape index (κ1) is 14.7. The quantitative estimate of drug-likeness (QED) is 0.708. The summed E-state index contributed by atoms with van der Waals surface area (Å²) < 4.78 is 0. The minimum absolute atomic E-state index is 0.0995. The van der Waals surface area contributed by atoms with E-state index in [4.69, 9.17) is 0 Å². The summed E-state index contributed by atoms with van der Waals surface area (Å²) in [5, 5.41) is 5.47. The number of hydrogen-bond acceptors (Lipinski definition) is 2. The topological polar surface area (TPSA) is 61.4 Å². The maximum absolute atomic E-state index is 11.4. The Kier molecular flexibility index (Phi) is 7.33. The van der Waals surface area contributed by atoms with Gasteiger partial charge in [-0.1, -0.05) is 20.8 Å². The number of urea groups is 1. The molecule has 0 atom stereocenters. The summed E-state index contributed by atoms with van der Waals surface area (Å²) in [5.74, 6) is 0.297. The first-order chi connectivity index (χ1) is 7.47. The molecule has 0 fully saturated rings. The van der Waals surface area contributed by atoms with Crippen LogP contribution < -0.4 is 10.6 Å². The number of amides is 3. The van der Waals surface area contributed by atoms with Crippen LogP contribution in [-0.2, 0) is 4.79 Å². The van der Waals surface area contributed by atoms with Gasteiger partial charge < -0.3 is 15.5 Å². The van der Waals surface area contributed by atoms with Gasteiger partial charge in [-0.3, -0.25) is 4.79 Å². The lowest BCUT2D eigenvalue weighted by Crippen LogP contribution is -2.44. The Hall–Kier alpha value is -1.26. The Morgan fingerprint density at radius 1 is 1.25 bits per heavy atom. The Bertz CT molecular complexity index is 229. The molecule has 0 aromatic heterocycles. The average Bonchev–Trinajstić information content (AvgIpc) is 2.22. The highest BCUT2D eigenvalue weighted by Gasteiger charge is 2.11. The van der Waals surface area contributed by atoms with E-state index in [1.54, 1.807) is 7.05 Å². The van der Waals surface area contributed by atoms with Crippen LogP contribution in [0.4, 0.5) is 4.79 Å². The van der Waals surface area contributed by atoms with E-state index in [0.29, 0.717) is 19.0 Å². The van der Waals surface area contributed by atoms with Gasteiger partial charge in [0, 0.05) is 20.1 Å². The maximum atomic E-state index is 11.4. The molecule has 0 heterocycles. The molecule has 2 N–H and O–H groups in total. The van der Waals surface area contributed by atoms with Crippen LogP contribution in [0.3, 0.4) is 0 Å². The van der Waals surface area contributed by atoms with Gasteiger partial charge in [-0.2, -0.15) is 0 Å². The van der Waals surface area contributed by atoms with E-state index in [1.165, 1.54) is 4.90 Å². The second kappa shape index (κ2) is 7.96. The Balaban J connectivity index is 3.80. The molecule has 94 valence electrons. The maximum Gasteiger partial charge on any atom is 0.317 e. The number of nitrogens with one attached hydrogen (secondary N) is 2. The van der Waals surface area contributed by atoms with Gasteiger partial charge in [-0.05, 0) is 12.3 Å². The highest BCUT2D eigenvalue weighted by Crippen LogP contribution is 1.89. The van der Waals surface area contributed by atoms with Crippen LogP contribution in [0, 0.1) is 5.92 Å². The molecule has 16 heavy (non-hydrogen) atoms. The molecule has 5 nitrogen and oxygen atoms in total. The number of rotatable bonds is 6. The summed E-state index contributed by atoms with van der Waals surface area (Å²) in [4.78, 5) is 24.2. The molecule has 0 bridgehead atoms. The van der Waals surface area contributed by atoms with Crippen molar-refractivity contribution >= 4 is 11.9 Å². The zero-order valence-electron chi connectivity index (χ0n) is 10.7. The molecular weight excluding hydrogens is 206 g/mol. The second-order valence-electron chi connectivity index (χ2n) is 4.29. The van der Waals surface area contributed by atoms with Gasteiger partial charge in [0.2, 0.25) is 5.91 Å². The average molecular weight is 229 g/mol. The minimum Gasteiger partial charge on any atom is -0.354 e. The van der Waals surface area contributed by atoms with Crippen molar-refractivity contribution in [1.82, 2.24) is 15.5 Å². The van der Waals surface area contributed by atoms with E-state index in [-0.39, 0.29) is 18.5 Å². The molecule has 5 heteroatoms. The molecule has 0 unspecified atom stereocenters. The van der Waals surface area contributed by atoms with Crippen molar-refractivity contribution in [3.05, 3.63) is 0 Å². The van der Waals surface area contributed by atoms with Crippen molar-refractivity contribution in [3.8, 4) is 0 Å². The fraction of sp³-hybridized carbons (Fsp3) is 0.818. The predicted molar refractivity (Wildman–Crippen MR) is 64.2 cm³/mol. The summed E-state index contributed by atoms with van der Waals surface area (Å²) in [5.41, 5.74) is 0. The van der Waals surface area contributed by atoms with Gasteiger partial charge >= 0.3 is 6.03 Å². The Morgan fingerprint density at radius 2 is 1.88 bits per heavy atom. The summed E-state index contributed by atoms with van der Waals surface area (Å²) in [6.45, 7) is 7.41. The first-order valence-corrected chi connectivity index (χ1v) is 5.73. The molecule has 0 aliphatic heterocycles. The highest BCUT2D eigenvalue weighted by molar-refractivity contribution is 5.83.